The highest BCUT2D eigenvalue weighted by Gasteiger charge is 2.36. The summed E-state index contributed by atoms with van der Waals surface area (Å²) in [6.45, 7) is 0. The monoisotopic (exact) mass is 339 g/mol. The van der Waals surface area contributed by atoms with E-state index in [1.807, 2.05) is 0 Å². The molecule has 0 aliphatic heterocycles. The van der Waals surface area contributed by atoms with Crippen LogP contribution >= 0.6 is 0 Å². The number of ether oxygens (including phenoxy) is 2. The summed E-state index contributed by atoms with van der Waals surface area (Å²) in [6.07, 6.45) is 2.34. The maximum Gasteiger partial charge on any atom is 0.354 e. The lowest BCUT2D eigenvalue weighted by Gasteiger charge is -2.10. The van der Waals surface area contributed by atoms with Crippen molar-refractivity contribution in [3.8, 4) is 0 Å². The van der Waals surface area contributed by atoms with Gasteiger partial charge in [0, 0.05) is 5.69 Å². The van der Waals surface area contributed by atoms with Gasteiger partial charge < -0.3 is 14.8 Å². The van der Waals surface area contributed by atoms with E-state index < -0.39 is 21.8 Å². The molecule has 0 amide bonds. The van der Waals surface area contributed by atoms with Gasteiger partial charge in [-0.25, -0.2) is 18.0 Å². The molecule has 1 aromatic carbocycles. The number of sulfone groups is 1. The fourth-order valence-electron chi connectivity index (χ4n) is 1.89. The van der Waals surface area contributed by atoms with Crippen molar-refractivity contribution in [1.29, 1.82) is 0 Å². The standard InChI is InChI=1S/C15H17NO6S/c1-21-14(17)9-13(15(18)22-2)16-10-3-5-11(6-4-10)23(19,20)12-7-8-12/h3-6,9,12,16H,7-8H2,1-2H3/b13-9+. The molecule has 23 heavy (non-hydrogen) atoms. The first-order chi connectivity index (χ1) is 10.9. The molecule has 0 bridgehead atoms. The van der Waals surface area contributed by atoms with Crippen LogP contribution in [-0.4, -0.2) is 39.8 Å². The van der Waals surface area contributed by atoms with E-state index in [9.17, 15) is 18.0 Å². The van der Waals surface area contributed by atoms with E-state index in [1.165, 1.54) is 38.5 Å². The van der Waals surface area contributed by atoms with Crippen LogP contribution in [0.2, 0.25) is 0 Å². The largest absolute Gasteiger partial charge is 0.466 e. The zero-order valence-corrected chi connectivity index (χ0v) is 13.6. The van der Waals surface area contributed by atoms with Crippen molar-refractivity contribution in [3.63, 3.8) is 0 Å². The van der Waals surface area contributed by atoms with Crippen molar-refractivity contribution in [2.75, 3.05) is 19.5 Å². The Kier molecular flexibility index (Phi) is 5.05. The third-order valence-electron chi connectivity index (χ3n) is 3.29. The summed E-state index contributed by atoms with van der Waals surface area (Å²) in [6, 6.07) is 5.96. The van der Waals surface area contributed by atoms with Crippen LogP contribution in [-0.2, 0) is 28.9 Å². The number of methoxy groups -OCH3 is 2. The van der Waals surface area contributed by atoms with E-state index in [1.54, 1.807) is 0 Å². The van der Waals surface area contributed by atoms with Crippen molar-refractivity contribution >= 4 is 27.5 Å². The number of rotatable bonds is 6. The van der Waals surface area contributed by atoms with Gasteiger partial charge in [-0.2, -0.15) is 0 Å². The number of carbonyl (C=O) groups is 2. The second-order valence-corrected chi connectivity index (χ2v) is 7.19. The Bertz CT molecular complexity index is 732. The van der Waals surface area contributed by atoms with Crippen molar-refractivity contribution in [1.82, 2.24) is 0 Å². The Morgan fingerprint density at radius 3 is 2.22 bits per heavy atom. The molecule has 1 aromatic rings. The van der Waals surface area contributed by atoms with E-state index in [0.717, 1.165) is 6.08 Å². The molecule has 1 aliphatic rings. The molecule has 124 valence electrons. The van der Waals surface area contributed by atoms with Crippen LogP contribution in [0, 0.1) is 0 Å². The van der Waals surface area contributed by atoms with Crippen LogP contribution < -0.4 is 5.32 Å². The highest BCUT2D eigenvalue weighted by atomic mass is 32.2. The molecule has 0 heterocycles. The lowest BCUT2D eigenvalue weighted by Crippen LogP contribution is -2.15. The first kappa shape index (κ1) is 17.0. The summed E-state index contributed by atoms with van der Waals surface area (Å²) in [4.78, 5) is 23.1. The first-order valence-corrected chi connectivity index (χ1v) is 8.42. The molecule has 1 N–H and O–H groups in total. The van der Waals surface area contributed by atoms with E-state index in [0.29, 0.717) is 18.5 Å². The van der Waals surface area contributed by atoms with Crippen LogP contribution in [0.3, 0.4) is 0 Å². The molecule has 0 spiro atoms. The van der Waals surface area contributed by atoms with Crippen LogP contribution in [0.4, 0.5) is 5.69 Å². The SMILES string of the molecule is COC(=O)/C=C(/Nc1ccc(S(=O)(=O)C2CC2)cc1)C(=O)OC. The van der Waals surface area contributed by atoms with Gasteiger partial charge in [-0.3, -0.25) is 0 Å². The lowest BCUT2D eigenvalue weighted by molar-refractivity contribution is -0.138. The highest BCUT2D eigenvalue weighted by Crippen LogP contribution is 2.33. The topological polar surface area (TPSA) is 98.8 Å². The highest BCUT2D eigenvalue weighted by molar-refractivity contribution is 7.92. The van der Waals surface area contributed by atoms with Crippen molar-refractivity contribution in [3.05, 3.63) is 36.0 Å². The molecular weight excluding hydrogens is 322 g/mol. The molecular formula is C15H17NO6S. The maximum absolute atomic E-state index is 12.1. The summed E-state index contributed by atoms with van der Waals surface area (Å²) < 4.78 is 33.2. The van der Waals surface area contributed by atoms with Gasteiger partial charge in [-0.05, 0) is 37.1 Å². The Morgan fingerprint density at radius 1 is 1.13 bits per heavy atom. The molecule has 8 heteroatoms. The second-order valence-electron chi connectivity index (χ2n) is 4.97. The van der Waals surface area contributed by atoms with Gasteiger partial charge in [0.05, 0.1) is 30.4 Å². The third-order valence-corrected chi connectivity index (χ3v) is 5.57. The minimum atomic E-state index is -3.26. The smallest absolute Gasteiger partial charge is 0.354 e. The Morgan fingerprint density at radius 2 is 1.74 bits per heavy atom. The third kappa shape index (κ3) is 4.10. The van der Waals surface area contributed by atoms with Gasteiger partial charge in [0.15, 0.2) is 9.84 Å². The Hall–Kier alpha value is -2.35. The van der Waals surface area contributed by atoms with Gasteiger partial charge in [0.1, 0.15) is 5.70 Å². The zero-order valence-electron chi connectivity index (χ0n) is 12.7. The maximum atomic E-state index is 12.1. The number of hydrogen-bond donors (Lipinski definition) is 1. The molecule has 1 fully saturated rings. The van der Waals surface area contributed by atoms with Crippen molar-refractivity contribution in [2.45, 2.75) is 23.0 Å². The van der Waals surface area contributed by atoms with Gasteiger partial charge in [0.2, 0.25) is 0 Å². The fourth-order valence-corrected chi connectivity index (χ4v) is 3.54. The Labute approximate surface area is 134 Å². The second kappa shape index (κ2) is 6.82. The first-order valence-electron chi connectivity index (χ1n) is 6.87. The number of benzene rings is 1. The van der Waals surface area contributed by atoms with Crippen LogP contribution in [0.1, 0.15) is 12.8 Å². The minimum absolute atomic E-state index is 0.114. The summed E-state index contributed by atoms with van der Waals surface area (Å²) in [7, 11) is -0.896. The minimum Gasteiger partial charge on any atom is -0.466 e. The molecule has 0 unspecified atom stereocenters. The molecule has 7 nitrogen and oxygen atoms in total. The molecule has 2 rings (SSSR count). The van der Waals surface area contributed by atoms with Gasteiger partial charge >= 0.3 is 11.9 Å². The number of nitrogens with one attached hydrogen (secondary N) is 1. The van der Waals surface area contributed by atoms with Crippen LogP contribution in [0.15, 0.2) is 40.9 Å². The molecule has 0 radical (unpaired) electrons. The lowest BCUT2D eigenvalue weighted by atomic mass is 10.3. The van der Waals surface area contributed by atoms with Gasteiger partial charge in [0.25, 0.3) is 0 Å². The van der Waals surface area contributed by atoms with E-state index >= 15 is 0 Å². The average Bonchev–Trinajstić information content (AvgIpc) is 3.39. The number of esters is 2. The zero-order chi connectivity index (χ0) is 17.0. The summed E-state index contributed by atoms with van der Waals surface area (Å²) in [5, 5.41) is 2.42. The van der Waals surface area contributed by atoms with E-state index in [-0.39, 0.29) is 15.8 Å². The molecule has 1 saturated carbocycles. The molecule has 0 aromatic heterocycles. The average molecular weight is 339 g/mol. The predicted molar refractivity (Wildman–Crippen MR) is 82.4 cm³/mol. The molecule has 1 aliphatic carbocycles. The van der Waals surface area contributed by atoms with E-state index in [4.69, 9.17) is 0 Å². The molecule has 0 atom stereocenters. The predicted octanol–water partition coefficient (Wildman–Crippen LogP) is 1.26. The summed E-state index contributed by atoms with van der Waals surface area (Å²) in [5.74, 6) is -1.46. The summed E-state index contributed by atoms with van der Waals surface area (Å²) >= 11 is 0. The fraction of sp³-hybridized carbons (Fsp3) is 0.333. The quantitative estimate of drug-likeness (QED) is 0.615. The number of hydrogen-bond acceptors (Lipinski definition) is 7. The number of carbonyl (C=O) groups excluding carboxylic acids is 2. The summed E-state index contributed by atoms with van der Waals surface area (Å²) in [5.41, 5.74) is 0.331. The molecule has 0 saturated heterocycles. The van der Waals surface area contributed by atoms with Crippen LogP contribution in [0.5, 0.6) is 0 Å². The van der Waals surface area contributed by atoms with Crippen molar-refractivity contribution < 1.29 is 27.5 Å². The van der Waals surface area contributed by atoms with Crippen molar-refractivity contribution in [2.24, 2.45) is 0 Å². The van der Waals surface area contributed by atoms with Gasteiger partial charge in [-0.15, -0.1) is 0 Å². The van der Waals surface area contributed by atoms with Gasteiger partial charge in [-0.1, -0.05) is 0 Å². The van der Waals surface area contributed by atoms with Crippen LogP contribution in [0.25, 0.3) is 0 Å². The Balaban J connectivity index is 2.19. The van der Waals surface area contributed by atoms with E-state index in [2.05, 4.69) is 14.8 Å². The normalized spacial score (nSPS) is 15.0. The number of anilines is 1.